The molecule has 0 aliphatic heterocycles. The normalized spacial score (nSPS) is 11.8. The lowest BCUT2D eigenvalue weighted by molar-refractivity contribution is -0.0888. The Balaban J connectivity index is 2.14. The molecule has 0 aromatic carbocycles. The summed E-state index contributed by atoms with van der Waals surface area (Å²) in [5, 5.41) is 10.1. The van der Waals surface area contributed by atoms with E-state index in [9.17, 15) is 18.0 Å². The van der Waals surface area contributed by atoms with Gasteiger partial charge in [-0.1, -0.05) is 10.4 Å². The molecule has 0 atom stereocenters. The third kappa shape index (κ3) is 2.52. The number of carbonyl (C=O) groups excluding carboxylic acids is 1. The maximum atomic E-state index is 12.1. The lowest BCUT2D eigenvalue weighted by Gasteiger charge is -1.99. The van der Waals surface area contributed by atoms with E-state index in [1.54, 1.807) is 6.92 Å². The number of aromatic nitrogens is 5. The maximum Gasteiger partial charge on any atom is 0.456 e. The number of nitrogens with zero attached hydrogens (tertiary/aromatic N) is 5. The number of rotatable bonds is 3. The van der Waals surface area contributed by atoms with Crippen molar-refractivity contribution < 1.29 is 22.5 Å². The molecule has 0 radical (unpaired) electrons. The highest BCUT2D eigenvalue weighted by Crippen LogP contribution is 2.19. The van der Waals surface area contributed by atoms with Gasteiger partial charge in [0.25, 0.3) is 5.78 Å². The Bertz CT molecular complexity index is 573. The van der Waals surface area contributed by atoms with Crippen LogP contribution in [-0.4, -0.2) is 37.1 Å². The summed E-state index contributed by atoms with van der Waals surface area (Å²) in [6.45, 7) is 1.53. The number of halogens is 3. The molecule has 10 heteroatoms. The molecular weight excluding hydrogens is 255 g/mol. The summed E-state index contributed by atoms with van der Waals surface area (Å²) >= 11 is 0. The van der Waals surface area contributed by atoms with Gasteiger partial charge in [-0.2, -0.15) is 18.2 Å². The minimum atomic E-state index is -4.97. The topological polar surface area (TPSA) is 86.7 Å². The van der Waals surface area contributed by atoms with Gasteiger partial charge in [0.15, 0.2) is 11.5 Å². The molecule has 0 bridgehead atoms. The average Bonchev–Trinajstić information content (AvgIpc) is 2.86. The van der Waals surface area contributed by atoms with Gasteiger partial charge in [-0.05, 0) is 0 Å². The Morgan fingerprint density at radius 3 is 2.78 bits per heavy atom. The van der Waals surface area contributed by atoms with Crippen LogP contribution in [0.15, 0.2) is 10.7 Å². The first-order valence-corrected chi connectivity index (χ1v) is 4.67. The van der Waals surface area contributed by atoms with Gasteiger partial charge in [-0.3, -0.25) is 4.79 Å². The molecule has 2 heterocycles. The molecule has 7 nitrogen and oxygen atoms in total. The summed E-state index contributed by atoms with van der Waals surface area (Å²) in [6, 6.07) is 0. The second kappa shape index (κ2) is 4.20. The van der Waals surface area contributed by atoms with Gasteiger partial charge >= 0.3 is 6.18 Å². The van der Waals surface area contributed by atoms with Crippen molar-refractivity contribution in [3.63, 3.8) is 0 Å². The van der Waals surface area contributed by atoms with Crippen molar-refractivity contribution in [2.75, 3.05) is 0 Å². The largest absolute Gasteiger partial charge is 0.456 e. The number of aryl methyl sites for hydroxylation is 1. The Labute approximate surface area is 97.6 Å². The van der Waals surface area contributed by atoms with Crippen molar-refractivity contribution in [3.05, 3.63) is 23.6 Å². The van der Waals surface area contributed by atoms with Crippen LogP contribution in [0, 0.1) is 6.92 Å². The highest BCUT2D eigenvalue weighted by molar-refractivity contribution is 5.98. The average molecular weight is 261 g/mol. The molecule has 0 N–H and O–H groups in total. The van der Waals surface area contributed by atoms with E-state index < -0.39 is 17.7 Å². The van der Waals surface area contributed by atoms with E-state index in [1.807, 2.05) is 0 Å². The molecule has 0 aliphatic carbocycles. The molecule has 0 unspecified atom stereocenters. The third-order valence-electron chi connectivity index (χ3n) is 1.90. The molecule has 0 saturated carbocycles. The summed E-state index contributed by atoms with van der Waals surface area (Å²) < 4.78 is 42.0. The van der Waals surface area contributed by atoms with Crippen molar-refractivity contribution in [1.29, 1.82) is 0 Å². The van der Waals surface area contributed by atoms with E-state index in [0.717, 1.165) is 10.9 Å². The van der Waals surface area contributed by atoms with Crippen LogP contribution in [0.1, 0.15) is 22.2 Å². The number of hydrogen-bond donors (Lipinski definition) is 0. The molecule has 2 aromatic heterocycles. The van der Waals surface area contributed by atoms with Crippen LogP contribution in [0.2, 0.25) is 0 Å². The van der Waals surface area contributed by atoms with E-state index in [1.165, 1.54) is 0 Å². The van der Waals surface area contributed by atoms with Gasteiger partial charge in [0.05, 0.1) is 6.20 Å². The zero-order chi connectivity index (χ0) is 13.3. The lowest BCUT2D eigenvalue weighted by atomic mass is 10.3. The molecule has 0 aliphatic rings. The van der Waals surface area contributed by atoms with Crippen molar-refractivity contribution in [3.8, 4) is 0 Å². The van der Waals surface area contributed by atoms with E-state index in [4.69, 9.17) is 0 Å². The van der Waals surface area contributed by atoms with Gasteiger partial charge in [-0.15, -0.1) is 5.10 Å². The quantitative estimate of drug-likeness (QED) is 0.758. The number of alkyl halides is 3. The first-order valence-electron chi connectivity index (χ1n) is 4.67. The maximum absolute atomic E-state index is 12.1. The van der Waals surface area contributed by atoms with Crippen LogP contribution < -0.4 is 0 Å². The smallest absolute Gasteiger partial charge is 0.340 e. The predicted octanol–water partition coefficient (Wildman–Crippen LogP) is 0.763. The summed E-state index contributed by atoms with van der Waals surface area (Å²) in [6.07, 6.45) is -4.09. The van der Waals surface area contributed by atoms with Crippen molar-refractivity contribution in [2.45, 2.75) is 19.6 Å². The summed E-state index contributed by atoms with van der Waals surface area (Å²) in [4.78, 5) is 14.7. The van der Waals surface area contributed by atoms with Gasteiger partial charge in [0.2, 0.25) is 5.89 Å². The molecule has 96 valence electrons. The predicted molar refractivity (Wildman–Crippen MR) is 48.5 cm³/mol. The lowest BCUT2D eigenvalue weighted by Crippen LogP contribution is -2.23. The molecule has 2 aromatic rings. The fraction of sp³-hybridized carbons (Fsp3) is 0.375. The van der Waals surface area contributed by atoms with E-state index in [-0.39, 0.29) is 12.4 Å². The molecule has 0 amide bonds. The zero-order valence-electron chi connectivity index (χ0n) is 8.97. The first-order chi connectivity index (χ1) is 8.36. The molecule has 0 fully saturated rings. The van der Waals surface area contributed by atoms with E-state index >= 15 is 0 Å². The minimum absolute atomic E-state index is 0.0323. The van der Waals surface area contributed by atoms with E-state index in [2.05, 4.69) is 25.0 Å². The Hall–Kier alpha value is -2.26. The molecule has 0 saturated heterocycles. The SMILES string of the molecule is Cc1nc(Cn2cc(C(=O)C(F)(F)F)nn2)no1. The van der Waals surface area contributed by atoms with Crippen LogP contribution in [0.4, 0.5) is 13.2 Å². The molecule has 18 heavy (non-hydrogen) atoms. The van der Waals surface area contributed by atoms with Crippen molar-refractivity contribution in [1.82, 2.24) is 25.1 Å². The van der Waals surface area contributed by atoms with Gasteiger partial charge in [0.1, 0.15) is 6.54 Å². The van der Waals surface area contributed by atoms with Gasteiger partial charge < -0.3 is 4.52 Å². The summed E-state index contributed by atoms with van der Waals surface area (Å²) in [5.74, 6) is -1.50. The summed E-state index contributed by atoms with van der Waals surface area (Å²) in [7, 11) is 0. The van der Waals surface area contributed by atoms with Crippen LogP contribution in [-0.2, 0) is 6.54 Å². The van der Waals surface area contributed by atoms with E-state index in [0.29, 0.717) is 5.89 Å². The molecule has 2 rings (SSSR count). The second-order valence-electron chi connectivity index (χ2n) is 3.36. The fourth-order valence-electron chi connectivity index (χ4n) is 1.18. The zero-order valence-corrected chi connectivity index (χ0v) is 8.97. The number of Topliss-reactive ketones (excluding diaryl/α,β-unsaturated/α-hetero) is 1. The highest BCUT2D eigenvalue weighted by Gasteiger charge is 2.41. The van der Waals surface area contributed by atoms with Crippen LogP contribution in [0.25, 0.3) is 0 Å². The number of ketones is 1. The first kappa shape index (κ1) is 12.2. The monoisotopic (exact) mass is 261 g/mol. The van der Waals surface area contributed by atoms with Crippen LogP contribution in [0.5, 0.6) is 0 Å². The minimum Gasteiger partial charge on any atom is -0.340 e. The van der Waals surface area contributed by atoms with Crippen molar-refractivity contribution in [2.24, 2.45) is 0 Å². The summed E-state index contributed by atoms with van der Waals surface area (Å²) in [5.41, 5.74) is -0.775. The van der Waals surface area contributed by atoms with Crippen molar-refractivity contribution >= 4 is 5.78 Å². The second-order valence-corrected chi connectivity index (χ2v) is 3.36. The Kier molecular flexibility index (Phi) is 2.85. The number of carbonyl (C=O) groups is 1. The van der Waals surface area contributed by atoms with Crippen LogP contribution in [0.3, 0.4) is 0 Å². The highest BCUT2D eigenvalue weighted by atomic mass is 19.4. The van der Waals surface area contributed by atoms with Gasteiger partial charge in [-0.25, -0.2) is 4.68 Å². The third-order valence-corrected chi connectivity index (χ3v) is 1.90. The number of hydrogen-bond acceptors (Lipinski definition) is 6. The fourth-order valence-corrected chi connectivity index (χ4v) is 1.18. The van der Waals surface area contributed by atoms with Crippen LogP contribution >= 0.6 is 0 Å². The molecular formula is C8H6F3N5O2. The standard InChI is InChI=1S/C8H6F3N5O2/c1-4-12-6(14-18-4)3-16-2-5(13-15-16)7(17)8(9,10)11/h2H,3H2,1H3. The Morgan fingerprint density at radius 2 is 2.22 bits per heavy atom. The Morgan fingerprint density at radius 1 is 1.50 bits per heavy atom. The van der Waals surface area contributed by atoms with Gasteiger partial charge in [0, 0.05) is 6.92 Å². The molecule has 0 spiro atoms.